The largest absolute Gasteiger partial charge is 0.272 e. The lowest BCUT2D eigenvalue weighted by atomic mass is 10.3. The Morgan fingerprint density at radius 2 is 2.00 bits per heavy atom. The maximum atomic E-state index is 11.0. The second-order valence-electron chi connectivity index (χ2n) is 2.11. The number of alkyl halides is 1. The summed E-state index contributed by atoms with van der Waals surface area (Å²) >= 11 is 5.17. The molecule has 0 radical (unpaired) electrons. The topological polar surface area (TPSA) is 58.2 Å². The van der Waals surface area contributed by atoms with Gasteiger partial charge in [0.05, 0.1) is 0 Å². The van der Waals surface area contributed by atoms with Crippen molar-refractivity contribution in [3.05, 3.63) is 11.6 Å². The van der Waals surface area contributed by atoms with Crippen LogP contribution in [-0.2, 0) is 9.59 Å². The summed E-state index contributed by atoms with van der Waals surface area (Å²) in [5.74, 6) is -0.945. The van der Waals surface area contributed by atoms with E-state index in [0.29, 0.717) is 5.57 Å². The minimum absolute atomic E-state index is 0.171. The van der Waals surface area contributed by atoms with Gasteiger partial charge in [-0.15, -0.1) is 11.6 Å². The van der Waals surface area contributed by atoms with Gasteiger partial charge in [0.25, 0.3) is 11.8 Å². The number of hydrogen-bond acceptors (Lipinski definition) is 2. The van der Waals surface area contributed by atoms with Crippen molar-refractivity contribution in [3.63, 3.8) is 0 Å². The Morgan fingerprint density at radius 3 is 2.42 bits per heavy atom. The standard InChI is InChI=1S/C7H11ClN2O2/c1-3-5(2)7(12)10-9-6(11)4-8/h3H,4H2,1-2H3,(H,9,11)(H,10,12)/b5-3+. The summed E-state index contributed by atoms with van der Waals surface area (Å²) in [6, 6.07) is 0. The molecule has 68 valence electrons. The summed E-state index contributed by atoms with van der Waals surface area (Å²) in [5.41, 5.74) is 4.86. The van der Waals surface area contributed by atoms with E-state index in [9.17, 15) is 9.59 Å². The molecule has 0 aliphatic rings. The van der Waals surface area contributed by atoms with Gasteiger partial charge >= 0.3 is 0 Å². The highest BCUT2D eigenvalue weighted by Gasteiger charge is 2.03. The molecule has 2 N–H and O–H groups in total. The summed E-state index contributed by atoms with van der Waals surface area (Å²) in [6.45, 7) is 3.38. The number of halogens is 1. The molecular formula is C7H11ClN2O2. The number of carbonyl (C=O) groups is 2. The fourth-order valence-corrected chi connectivity index (χ4v) is 0.456. The first-order chi connectivity index (χ1) is 5.61. The second-order valence-corrected chi connectivity index (χ2v) is 2.37. The van der Waals surface area contributed by atoms with E-state index in [0.717, 1.165) is 0 Å². The smallest absolute Gasteiger partial charge is 0.264 e. The van der Waals surface area contributed by atoms with Crippen molar-refractivity contribution in [2.24, 2.45) is 0 Å². The highest BCUT2D eigenvalue weighted by molar-refractivity contribution is 6.27. The fraction of sp³-hybridized carbons (Fsp3) is 0.429. The zero-order valence-corrected chi connectivity index (χ0v) is 7.73. The van der Waals surface area contributed by atoms with Crippen LogP contribution in [0.15, 0.2) is 11.6 Å². The highest BCUT2D eigenvalue weighted by Crippen LogP contribution is 1.88. The Labute approximate surface area is 75.9 Å². The van der Waals surface area contributed by atoms with Gasteiger partial charge in [-0.1, -0.05) is 6.08 Å². The third-order valence-corrected chi connectivity index (χ3v) is 1.47. The Kier molecular flexibility index (Phi) is 5.12. The van der Waals surface area contributed by atoms with Crippen LogP contribution < -0.4 is 10.9 Å². The number of nitrogens with one attached hydrogen (secondary N) is 2. The van der Waals surface area contributed by atoms with E-state index >= 15 is 0 Å². The van der Waals surface area contributed by atoms with Crippen LogP contribution in [0.2, 0.25) is 0 Å². The predicted molar refractivity (Wildman–Crippen MR) is 46.4 cm³/mol. The molecule has 2 amide bonds. The molecule has 0 fully saturated rings. The molecule has 0 saturated carbocycles. The Morgan fingerprint density at radius 1 is 1.42 bits per heavy atom. The van der Waals surface area contributed by atoms with Gasteiger partial charge in [0.2, 0.25) is 0 Å². The normalized spacial score (nSPS) is 10.8. The van der Waals surface area contributed by atoms with E-state index in [2.05, 4.69) is 10.9 Å². The van der Waals surface area contributed by atoms with Crippen LogP contribution in [0.5, 0.6) is 0 Å². The first kappa shape index (κ1) is 11.0. The zero-order chi connectivity index (χ0) is 9.56. The first-order valence-corrected chi connectivity index (χ1v) is 3.93. The Hall–Kier alpha value is -1.03. The van der Waals surface area contributed by atoms with Crippen LogP contribution in [0.3, 0.4) is 0 Å². The van der Waals surface area contributed by atoms with Crippen molar-refractivity contribution in [2.75, 3.05) is 5.88 Å². The van der Waals surface area contributed by atoms with Gasteiger partial charge in [-0.2, -0.15) is 0 Å². The fourth-order valence-electron chi connectivity index (χ4n) is 0.390. The van der Waals surface area contributed by atoms with Crippen LogP contribution >= 0.6 is 11.6 Å². The van der Waals surface area contributed by atoms with Gasteiger partial charge in [0.15, 0.2) is 0 Å². The quantitative estimate of drug-likeness (QED) is 0.375. The number of allylic oxidation sites excluding steroid dienone is 1. The van der Waals surface area contributed by atoms with Gasteiger partial charge < -0.3 is 0 Å². The van der Waals surface area contributed by atoms with Crippen molar-refractivity contribution in [1.82, 2.24) is 10.9 Å². The van der Waals surface area contributed by atoms with E-state index in [1.165, 1.54) is 0 Å². The minimum Gasteiger partial charge on any atom is -0.272 e. The zero-order valence-electron chi connectivity index (χ0n) is 6.98. The van der Waals surface area contributed by atoms with Crippen molar-refractivity contribution < 1.29 is 9.59 Å². The SMILES string of the molecule is C/C=C(\C)C(=O)NNC(=O)CCl. The van der Waals surface area contributed by atoms with Gasteiger partial charge in [-0.25, -0.2) is 0 Å². The summed E-state index contributed by atoms with van der Waals surface area (Å²) < 4.78 is 0. The molecule has 0 spiro atoms. The van der Waals surface area contributed by atoms with Crippen molar-refractivity contribution in [3.8, 4) is 0 Å². The molecule has 0 bridgehead atoms. The molecule has 12 heavy (non-hydrogen) atoms. The monoisotopic (exact) mass is 190 g/mol. The summed E-state index contributed by atoms with van der Waals surface area (Å²) in [7, 11) is 0. The molecule has 0 heterocycles. The van der Waals surface area contributed by atoms with Gasteiger partial charge in [0.1, 0.15) is 5.88 Å². The number of rotatable bonds is 2. The van der Waals surface area contributed by atoms with Crippen LogP contribution in [0, 0.1) is 0 Å². The molecule has 0 aromatic carbocycles. The van der Waals surface area contributed by atoms with E-state index in [1.807, 2.05) is 0 Å². The molecule has 0 atom stereocenters. The summed E-state index contributed by atoms with van der Waals surface area (Å²) in [4.78, 5) is 21.5. The van der Waals surface area contributed by atoms with E-state index in [4.69, 9.17) is 11.6 Å². The van der Waals surface area contributed by atoms with Crippen LogP contribution in [0.4, 0.5) is 0 Å². The Balaban J connectivity index is 3.80. The summed E-state index contributed by atoms with van der Waals surface area (Å²) in [6.07, 6.45) is 1.64. The predicted octanol–water partition coefficient (Wildman–Crippen LogP) is 0.339. The molecule has 0 aliphatic carbocycles. The molecular weight excluding hydrogens is 180 g/mol. The van der Waals surface area contributed by atoms with Crippen LogP contribution in [-0.4, -0.2) is 17.7 Å². The average molecular weight is 191 g/mol. The molecule has 0 saturated heterocycles. The molecule has 0 aliphatic heterocycles. The summed E-state index contributed by atoms with van der Waals surface area (Å²) in [5, 5.41) is 0. The first-order valence-electron chi connectivity index (χ1n) is 3.40. The maximum absolute atomic E-state index is 11.0. The van der Waals surface area contributed by atoms with E-state index in [-0.39, 0.29) is 11.8 Å². The lowest BCUT2D eigenvalue weighted by Gasteiger charge is -2.04. The lowest BCUT2D eigenvalue weighted by molar-refractivity contribution is -0.125. The number of hydrazine groups is 1. The van der Waals surface area contributed by atoms with E-state index < -0.39 is 5.91 Å². The van der Waals surface area contributed by atoms with Gasteiger partial charge in [-0.05, 0) is 13.8 Å². The number of carbonyl (C=O) groups excluding carboxylic acids is 2. The third-order valence-electron chi connectivity index (χ3n) is 1.23. The molecule has 0 rings (SSSR count). The third kappa shape index (κ3) is 3.98. The second kappa shape index (κ2) is 5.60. The van der Waals surface area contributed by atoms with Crippen molar-refractivity contribution >= 4 is 23.4 Å². The van der Waals surface area contributed by atoms with E-state index in [1.54, 1.807) is 19.9 Å². The maximum Gasteiger partial charge on any atom is 0.264 e. The Bertz CT molecular complexity index is 213. The average Bonchev–Trinajstić information content (AvgIpc) is 2.11. The van der Waals surface area contributed by atoms with Crippen molar-refractivity contribution in [1.29, 1.82) is 0 Å². The number of amides is 2. The van der Waals surface area contributed by atoms with Crippen LogP contribution in [0.1, 0.15) is 13.8 Å². The lowest BCUT2D eigenvalue weighted by Crippen LogP contribution is -2.42. The molecule has 0 aromatic rings. The molecule has 4 nitrogen and oxygen atoms in total. The van der Waals surface area contributed by atoms with Crippen molar-refractivity contribution in [2.45, 2.75) is 13.8 Å². The van der Waals surface area contributed by atoms with Gasteiger partial charge in [-0.3, -0.25) is 20.4 Å². The number of hydrogen-bond donors (Lipinski definition) is 2. The van der Waals surface area contributed by atoms with Crippen LogP contribution in [0.25, 0.3) is 0 Å². The molecule has 0 unspecified atom stereocenters. The van der Waals surface area contributed by atoms with Gasteiger partial charge in [0, 0.05) is 5.57 Å². The minimum atomic E-state index is -0.436. The highest BCUT2D eigenvalue weighted by atomic mass is 35.5. The molecule has 5 heteroatoms. The molecule has 0 aromatic heterocycles.